The fourth-order valence-electron chi connectivity index (χ4n) is 6.10. The van der Waals surface area contributed by atoms with Gasteiger partial charge in [0.2, 0.25) is 5.91 Å². The lowest BCUT2D eigenvalue weighted by atomic mass is 9.87. The van der Waals surface area contributed by atoms with Gasteiger partial charge in [0.05, 0.1) is 4.88 Å². The zero-order valence-corrected chi connectivity index (χ0v) is 19.6. The SMILES string of the molecule is O=C(c1cc2c(s1)CC[C@@H](C(=O)N1CCN(C3CCCCC3)CC1)C2)N1CCCCC1. The molecule has 2 saturated heterocycles. The minimum absolute atomic E-state index is 0.0984. The van der Waals surface area contributed by atoms with Gasteiger partial charge in [-0.3, -0.25) is 14.5 Å². The molecule has 2 aliphatic heterocycles. The fraction of sp³-hybridized carbons (Fsp3) is 0.760. The first-order valence-corrected chi connectivity index (χ1v) is 13.4. The average Bonchev–Trinajstić information content (AvgIpc) is 3.28. The van der Waals surface area contributed by atoms with Gasteiger partial charge in [0.1, 0.15) is 0 Å². The number of hydrogen-bond acceptors (Lipinski definition) is 4. The molecule has 2 amide bonds. The summed E-state index contributed by atoms with van der Waals surface area (Å²) in [5, 5.41) is 0. The van der Waals surface area contributed by atoms with Crippen molar-refractivity contribution >= 4 is 23.2 Å². The fourth-order valence-corrected chi connectivity index (χ4v) is 7.28. The van der Waals surface area contributed by atoms with Gasteiger partial charge >= 0.3 is 0 Å². The van der Waals surface area contributed by atoms with Crippen LogP contribution in [0.1, 0.15) is 77.9 Å². The third-order valence-corrected chi connectivity index (χ3v) is 9.23. The number of thiophene rings is 1. The first kappa shape index (κ1) is 21.4. The average molecular weight is 444 g/mol. The minimum Gasteiger partial charge on any atom is -0.340 e. The molecule has 6 heteroatoms. The Hall–Kier alpha value is -1.40. The summed E-state index contributed by atoms with van der Waals surface area (Å²) in [7, 11) is 0. The second kappa shape index (κ2) is 9.62. The van der Waals surface area contributed by atoms with Gasteiger partial charge in [-0.1, -0.05) is 19.3 Å². The largest absolute Gasteiger partial charge is 0.340 e. The molecule has 3 heterocycles. The molecule has 170 valence electrons. The van der Waals surface area contributed by atoms with Crippen molar-refractivity contribution in [2.45, 2.75) is 76.7 Å². The summed E-state index contributed by atoms with van der Waals surface area (Å²) in [5.41, 5.74) is 1.26. The van der Waals surface area contributed by atoms with Gasteiger partial charge in [-0.15, -0.1) is 11.3 Å². The zero-order valence-electron chi connectivity index (χ0n) is 18.8. The molecule has 3 fully saturated rings. The zero-order chi connectivity index (χ0) is 21.2. The Balaban J connectivity index is 1.16. The predicted octanol–water partition coefficient (Wildman–Crippen LogP) is 3.96. The predicted molar refractivity (Wildman–Crippen MR) is 125 cm³/mol. The topological polar surface area (TPSA) is 43.9 Å². The molecule has 0 spiro atoms. The lowest BCUT2D eigenvalue weighted by molar-refractivity contribution is -0.138. The van der Waals surface area contributed by atoms with Gasteiger partial charge in [-0.05, 0) is 63.0 Å². The Kier molecular flexibility index (Phi) is 6.65. The Morgan fingerprint density at radius 2 is 1.52 bits per heavy atom. The maximum absolute atomic E-state index is 13.3. The molecule has 31 heavy (non-hydrogen) atoms. The number of fused-ring (bicyclic) bond motifs is 1. The molecule has 5 rings (SSSR count). The molecule has 0 bridgehead atoms. The maximum Gasteiger partial charge on any atom is 0.263 e. The molecule has 4 aliphatic rings. The highest BCUT2D eigenvalue weighted by atomic mass is 32.1. The van der Waals surface area contributed by atoms with Gasteiger partial charge in [0.25, 0.3) is 5.91 Å². The third-order valence-electron chi connectivity index (χ3n) is 8.00. The van der Waals surface area contributed by atoms with Crippen LogP contribution in [0.4, 0.5) is 0 Å². The second-order valence-corrected chi connectivity index (χ2v) is 11.1. The van der Waals surface area contributed by atoms with Crippen LogP contribution < -0.4 is 0 Å². The summed E-state index contributed by atoms with van der Waals surface area (Å²) in [6, 6.07) is 2.86. The van der Waals surface area contributed by atoms with Gasteiger partial charge in [0, 0.05) is 56.1 Å². The highest BCUT2D eigenvalue weighted by molar-refractivity contribution is 7.14. The van der Waals surface area contributed by atoms with Gasteiger partial charge in [-0.2, -0.15) is 0 Å². The monoisotopic (exact) mass is 443 g/mol. The third kappa shape index (κ3) is 4.70. The molecule has 0 radical (unpaired) electrons. The Labute approximate surface area is 190 Å². The lowest BCUT2D eigenvalue weighted by Gasteiger charge is -2.41. The lowest BCUT2D eigenvalue weighted by Crippen LogP contribution is -2.53. The van der Waals surface area contributed by atoms with Crippen LogP contribution in [-0.2, 0) is 17.6 Å². The number of likely N-dealkylation sites (tertiary alicyclic amines) is 1. The number of rotatable bonds is 3. The van der Waals surface area contributed by atoms with Crippen molar-refractivity contribution in [1.29, 1.82) is 0 Å². The molecule has 1 aromatic heterocycles. The van der Waals surface area contributed by atoms with Crippen molar-refractivity contribution in [3.63, 3.8) is 0 Å². The van der Waals surface area contributed by atoms with E-state index in [1.807, 2.05) is 4.90 Å². The van der Waals surface area contributed by atoms with Crippen LogP contribution in [0, 0.1) is 5.92 Å². The summed E-state index contributed by atoms with van der Waals surface area (Å²) in [5.74, 6) is 0.658. The first-order valence-electron chi connectivity index (χ1n) is 12.6. The summed E-state index contributed by atoms with van der Waals surface area (Å²) in [6.45, 7) is 5.66. The standard InChI is InChI=1S/C25H37N3O2S/c29-24(28-15-13-26(14-16-28)21-7-3-1-4-8-21)19-9-10-22-20(17-19)18-23(31-22)25(30)27-11-5-2-6-12-27/h18-19,21H,1-17H2/t19-/m1/s1. The molecule has 1 atom stereocenters. The number of amides is 2. The molecule has 5 nitrogen and oxygen atoms in total. The highest BCUT2D eigenvalue weighted by Crippen LogP contribution is 2.34. The van der Waals surface area contributed by atoms with Crippen LogP contribution in [0.2, 0.25) is 0 Å². The van der Waals surface area contributed by atoms with E-state index in [1.54, 1.807) is 11.3 Å². The Morgan fingerprint density at radius 3 is 2.26 bits per heavy atom. The quantitative estimate of drug-likeness (QED) is 0.710. The van der Waals surface area contributed by atoms with Crippen molar-refractivity contribution < 1.29 is 9.59 Å². The van der Waals surface area contributed by atoms with Crippen LogP contribution in [-0.4, -0.2) is 71.8 Å². The van der Waals surface area contributed by atoms with Crippen molar-refractivity contribution in [2.75, 3.05) is 39.3 Å². The normalized spacial score (nSPS) is 26.0. The van der Waals surface area contributed by atoms with Crippen molar-refractivity contribution in [2.24, 2.45) is 5.92 Å². The highest BCUT2D eigenvalue weighted by Gasteiger charge is 2.33. The molecule has 0 aromatic carbocycles. The number of carbonyl (C=O) groups is 2. The number of hydrogen-bond donors (Lipinski definition) is 0. The Morgan fingerprint density at radius 1 is 0.806 bits per heavy atom. The Bertz CT molecular complexity index is 787. The van der Waals surface area contributed by atoms with Gasteiger partial charge < -0.3 is 9.80 Å². The van der Waals surface area contributed by atoms with E-state index in [0.29, 0.717) is 5.91 Å². The van der Waals surface area contributed by atoms with Gasteiger partial charge in [0.15, 0.2) is 0 Å². The molecule has 1 aromatic rings. The van der Waals surface area contributed by atoms with Crippen LogP contribution in [0.3, 0.4) is 0 Å². The van der Waals surface area contributed by atoms with Crippen molar-refractivity contribution in [1.82, 2.24) is 14.7 Å². The maximum atomic E-state index is 13.3. The summed E-state index contributed by atoms with van der Waals surface area (Å²) >= 11 is 1.68. The van der Waals surface area contributed by atoms with E-state index in [2.05, 4.69) is 15.9 Å². The van der Waals surface area contributed by atoms with E-state index < -0.39 is 0 Å². The number of carbonyl (C=O) groups excluding carboxylic acids is 2. The number of aryl methyl sites for hydroxylation is 1. The molecule has 1 saturated carbocycles. The van der Waals surface area contributed by atoms with E-state index >= 15 is 0 Å². The summed E-state index contributed by atoms with van der Waals surface area (Å²) < 4.78 is 0. The van der Waals surface area contributed by atoms with E-state index in [0.717, 1.165) is 82.3 Å². The van der Waals surface area contributed by atoms with Crippen LogP contribution in [0.25, 0.3) is 0 Å². The molecule has 0 unspecified atom stereocenters. The molecular weight excluding hydrogens is 406 g/mol. The molecule has 0 N–H and O–H groups in total. The number of piperazine rings is 1. The van der Waals surface area contributed by atoms with E-state index in [1.165, 1.54) is 49.0 Å². The van der Waals surface area contributed by atoms with E-state index in [9.17, 15) is 9.59 Å². The molecule has 2 aliphatic carbocycles. The number of piperidine rings is 1. The number of nitrogens with zero attached hydrogens (tertiary/aromatic N) is 3. The van der Waals surface area contributed by atoms with Crippen LogP contribution in [0.5, 0.6) is 0 Å². The van der Waals surface area contributed by atoms with Crippen molar-refractivity contribution in [3.05, 3.63) is 21.4 Å². The van der Waals surface area contributed by atoms with E-state index in [4.69, 9.17) is 0 Å². The van der Waals surface area contributed by atoms with Crippen LogP contribution in [0.15, 0.2) is 6.07 Å². The molecular formula is C25H37N3O2S. The van der Waals surface area contributed by atoms with Gasteiger partial charge in [-0.25, -0.2) is 0 Å². The van der Waals surface area contributed by atoms with Crippen molar-refractivity contribution in [3.8, 4) is 0 Å². The summed E-state index contributed by atoms with van der Waals surface area (Å²) in [6.07, 6.45) is 13.0. The van der Waals surface area contributed by atoms with Crippen LogP contribution >= 0.6 is 11.3 Å². The minimum atomic E-state index is 0.0984. The summed E-state index contributed by atoms with van der Waals surface area (Å²) in [4.78, 5) is 35.2. The second-order valence-electron chi connectivity index (χ2n) is 10.0. The smallest absolute Gasteiger partial charge is 0.263 e. The van der Waals surface area contributed by atoms with E-state index in [-0.39, 0.29) is 11.8 Å². The first-order chi connectivity index (χ1) is 15.2.